The van der Waals surface area contributed by atoms with Gasteiger partial charge < -0.3 is 0 Å². The van der Waals surface area contributed by atoms with E-state index in [0.29, 0.717) is 0 Å². The highest BCUT2D eigenvalue weighted by molar-refractivity contribution is 14.1. The van der Waals surface area contributed by atoms with Gasteiger partial charge in [-0.25, -0.2) is 0 Å². The smallest absolute Gasteiger partial charge is 0.0311 e. The molecular weight excluding hydrogens is 319 g/mol. The fourth-order valence-electron chi connectivity index (χ4n) is 0.650. The zero-order valence-electron chi connectivity index (χ0n) is 5.20. The lowest BCUT2D eigenvalue weighted by atomic mass is 10.2. The predicted octanol–water partition coefficient (Wildman–Crippen LogP) is 2.72. The van der Waals surface area contributed by atoms with Gasteiger partial charge in [-0.05, 0) is 56.7 Å². The first kappa shape index (κ1) is 8.74. The Hall–Kier alpha value is 0.647. The van der Waals surface area contributed by atoms with Crippen LogP contribution in [0.15, 0.2) is 22.7 Å². The Balaban J connectivity index is 3.04. The Morgan fingerprint density at radius 2 is 2.20 bits per heavy atom. The fourth-order valence-corrected chi connectivity index (χ4v) is 1.63. The molecule has 0 N–H and O–H groups in total. The van der Waals surface area contributed by atoms with Gasteiger partial charge in [-0.3, -0.25) is 0 Å². The van der Waals surface area contributed by atoms with Crippen molar-refractivity contribution in [1.82, 2.24) is 0 Å². The molecule has 0 spiro atoms. The number of hydrogen-bond donors (Lipinski definition) is 0. The minimum atomic E-state index is 0.912. The molecule has 51 valence electrons. The molecule has 1 aromatic rings. The number of hydrogen-bond acceptors (Lipinski definition) is 0. The zero-order valence-corrected chi connectivity index (χ0v) is 9.94. The topological polar surface area (TPSA) is 0 Å². The molecule has 1 aromatic carbocycles. The molecule has 3 heteroatoms. The summed E-state index contributed by atoms with van der Waals surface area (Å²) >= 11 is 5.75. The Morgan fingerprint density at radius 3 is 2.70 bits per heavy atom. The van der Waals surface area contributed by atoms with Crippen LogP contribution in [0.5, 0.6) is 0 Å². The molecule has 0 heterocycles. The quantitative estimate of drug-likeness (QED) is 0.550. The fraction of sp³-hybridized carbons (Fsp3) is 0.143. The average Bonchev–Trinajstić information content (AvgIpc) is 1.95. The number of halogens is 2. The van der Waals surface area contributed by atoms with Crippen LogP contribution < -0.4 is 0 Å². The first-order chi connectivity index (χ1) is 4.74. The Bertz CT molecular complexity index is 237. The van der Waals surface area contributed by atoms with Crippen LogP contribution in [0.4, 0.5) is 0 Å². The molecule has 0 atom stereocenters. The summed E-state index contributed by atoms with van der Waals surface area (Å²) in [7, 11) is 3.44. The van der Waals surface area contributed by atoms with E-state index in [2.05, 4.69) is 67.0 Å². The largest absolute Gasteiger partial charge is 0.0582 e. The second-order valence-electron chi connectivity index (χ2n) is 1.93. The van der Waals surface area contributed by atoms with Crippen molar-refractivity contribution in [3.63, 3.8) is 0 Å². The van der Waals surface area contributed by atoms with Gasteiger partial charge in [-0.2, -0.15) is 0 Å². The highest BCUT2D eigenvalue weighted by Crippen LogP contribution is 2.19. The third kappa shape index (κ3) is 2.07. The maximum atomic E-state index is 3.46. The van der Waals surface area contributed by atoms with E-state index in [9.17, 15) is 0 Å². The van der Waals surface area contributed by atoms with Crippen LogP contribution in [0, 0.1) is 3.57 Å². The molecule has 0 saturated heterocycles. The van der Waals surface area contributed by atoms with Gasteiger partial charge in [0.2, 0.25) is 0 Å². The van der Waals surface area contributed by atoms with E-state index >= 15 is 0 Å². The first-order valence-electron chi connectivity index (χ1n) is 2.82. The summed E-state index contributed by atoms with van der Waals surface area (Å²) in [6, 6.07) is 7.24. The molecule has 0 unspecified atom stereocenters. The van der Waals surface area contributed by atoms with Crippen molar-refractivity contribution in [3.05, 3.63) is 31.8 Å². The summed E-state index contributed by atoms with van der Waals surface area (Å²) in [4.78, 5) is 0. The zero-order chi connectivity index (χ0) is 7.56. The highest BCUT2D eigenvalue weighted by Gasteiger charge is 1.95. The predicted molar refractivity (Wildman–Crippen MR) is 56.3 cm³/mol. The maximum absolute atomic E-state index is 3.46. The van der Waals surface area contributed by atoms with Crippen molar-refractivity contribution in [3.8, 4) is 0 Å². The average molecular weight is 324 g/mol. The lowest BCUT2D eigenvalue weighted by Crippen LogP contribution is -1.84. The SMILES string of the molecule is [Si]Cc1ccc(I)c(Br)c1. The molecule has 0 aliphatic heterocycles. The van der Waals surface area contributed by atoms with Crippen LogP contribution in [0.3, 0.4) is 0 Å². The third-order valence-corrected chi connectivity index (χ3v) is 3.93. The van der Waals surface area contributed by atoms with Gasteiger partial charge in [0.1, 0.15) is 0 Å². The van der Waals surface area contributed by atoms with Crippen LogP contribution in [0.25, 0.3) is 0 Å². The normalized spacial score (nSPS) is 9.90. The van der Waals surface area contributed by atoms with Crippen LogP contribution in [-0.2, 0) is 6.04 Å². The van der Waals surface area contributed by atoms with E-state index < -0.39 is 0 Å². The molecule has 0 aliphatic carbocycles. The Kier molecular flexibility index (Phi) is 3.39. The Morgan fingerprint density at radius 1 is 1.50 bits per heavy atom. The molecule has 3 radical (unpaired) electrons. The lowest BCUT2D eigenvalue weighted by molar-refractivity contribution is 1.37. The molecule has 0 nitrogen and oxygen atoms in total. The summed E-state index contributed by atoms with van der Waals surface area (Å²) < 4.78 is 2.42. The van der Waals surface area contributed by atoms with Gasteiger partial charge in [0, 0.05) is 18.3 Å². The van der Waals surface area contributed by atoms with Crippen molar-refractivity contribution in [2.45, 2.75) is 6.04 Å². The van der Waals surface area contributed by atoms with Gasteiger partial charge in [-0.15, -0.1) is 0 Å². The molecule has 1 rings (SSSR count). The van der Waals surface area contributed by atoms with Crippen LogP contribution in [0.1, 0.15) is 5.56 Å². The lowest BCUT2D eigenvalue weighted by Gasteiger charge is -1.98. The molecule has 0 fully saturated rings. The van der Waals surface area contributed by atoms with Gasteiger partial charge in [0.05, 0.1) is 0 Å². The minimum absolute atomic E-state index is 0.912. The second-order valence-corrected chi connectivity index (χ2v) is 4.30. The van der Waals surface area contributed by atoms with E-state index in [1.807, 2.05) is 0 Å². The summed E-state index contributed by atoms with van der Waals surface area (Å²) in [6.07, 6.45) is 0. The molecule has 0 aromatic heterocycles. The van der Waals surface area contributed by atoms with Crippen LogP contribution in [-0.4, -0.2) is 10.2 Å². The van der Waals surface area contributed by atoms with E-state index in [1.54, 1.807) is 0 Å². The van der Waals surface area contributed by atoms with Crippen LogP contribution >= 0.6 is 38.5 Å². The van der Waals surface area contributed by atoms with Gasteiger partial charge >= 0.3 is 0 Å². The third-order valence-electron chi connectivity index (χ3n) is 1.19. The molecule has 0 amide bonds. The molecule has 0 saturated carbocycles. The first-order valence-corrected chi connectivity index (χ1v) is 5.40. The standard InChI is InChI=1S/C7H5BrISi/c8-6-3-5(4-10)1-2-7(6)9/h1-3H,4H2. The summed E-state index contributed by atoms with van der Waals surface area (Å²) in [5.41, 5.74) is 1.30. The number of rotatable bonds is 1. The molecule has 0 aliphatic rings. The number of benzene rings is 1. The van der Waals surface area contributed by atoms with E-state index in [0.717, 1.165) is 6.04 Å². The van der Waals surface area contributed by atoms with Crippen LogP contribution in [0.2, 0.25) is 0 Å². The maximum Gasteiger partial charge on any atom is 0.0311 e. The molecule has 0 bridgehead atoms. The van der Waals surface area contributed by atoms with Crippen molar-refractivity contribution in [2.24, 2.45) is 0 Å². The van der Waals surface area contributed by atoms with E-state index in [1.165, 1.54) is 13.6 Å². The van der Waals surface area contributed by atoms with Gasteiger partial charge in [-0.1, -0.05) is 11.6 Å². The van der Waals surface area contributed by atoms with Crippen molar-refractivity contribution in [1.29, 1.82) is 0 Å². The molecule has 10 heavy (non-hydrogen) atoms. The molecular formula is C7H5BrISi. The minimum Gasteiger partial charge on any atom is -0.0582 e. The van der Waals surface area contributed by atoms with Gasteiger partial charge in [0.15, 0.2) is 0 Å². The van der Waals surface area contributed by atoms with Crippen molar-refractivity contribution < 1.29 is 0 Å². The highest BCUT2D eigenvalue weighted by atomic mass is 127. The Labute approximate surface area is 86.1 Å². The monoisotopic (exact) mass is 323 g/mol. The van der Waals surface area contributed by atoms with Crippen molar-refractivity contribution >= 4 is 48.8 Å². The second kappa shape index (κ2) is 3.87. The summed E-state index contributed by atoms with van der Waals surface area (Å²) in [6.45, 7) is 0. The van der Waals surface area contributed by atoms with Gasteiger partial charge in [0.25, 0.3) is 0 Å². The summed E-state index contributed by atoms with van der Waals surface area (Å²) in [5, 5.41) is 0. The van der Waals surface area contributed by atoms with E-state index in [4.69, 9.17) is 0 Å². The summed E-state index contributed by atoms with van der Waals surface area (Å²) in [5.74, 6) is 0. The van der Waals surface area contributed by atoms with E-state index in [-0.39, 0.29) is 0 Å². The van der Waals surface area contributed by atoms with Crippen molar-refractivity contribution in [2.75, 3.05) is 0 Å².